The zero-order valence-electron chi connectivity index (χ0n) is 22.0. The molecule has 2 bridgehead atoms. The first-order valence-corrected chi connectivity index (χ1v) is 13.8. The number of hydrogen-bond acceptors (Lipinski definition) is 9. The standard InChI is InChI=1S/C27H34N4O7/c1-15-4-8-21-16(2)24(35-25-27(21)20(15)10-11-26(3,36-25)37-38-27)34-13-12-30-22-9-6-17-5-7-18(31(32)33)14-19(17)23(22)28-29-30/h5,7,14-16,20-21,24-25H,4,6,8-13H2,1-3H3/t15-,16-,20+,21+,24?,25-,26-,27-/m1/s1. The van der Waals surface area contributed by atoms with Crippen molar-refractivity contribution >= 4 is 5.69 Å². The van der Waals surface area contributed by atoms with Crippen LogP contribution in [0.1, 0.15) is 57.7 Å². The number of nitro benzene ring substituents is 1. The topological polar surface area (TPSA) is 120 Å². The Hall–Kier alpha value is -2.44. The quantitative estimate of drug-likeness (QED) is 0.321. The van der Waals surface area contributed by atoms with Gasteiger partial charge < -0.3 is 14.2 Å². The van der Waals surface area contributed by atoms with Crippen molar-refractivity contribution < 1.29 is 28.9 Å². The third-order valence-corrected chi connectivity index (χ3v) is 9.71. The number of rotatable bonds is 5. The minimum absolute atomic E-state index is 0.0627. The number of fused-ring (bicyclic) bond motifs is 5. The summed E-state index contributed by atoms with van der Waals surface area (Å²) in [7, 11) is 0. The molecule has 4 saturated heterocycles. The highest BCUT2D eigenvalue weighted by molar-refractivity contribution is 5.70. The molecule has 1 aromatic heterocycles. The molecule has 0 N–H and O–H groups in total. The number of ether oxygens (including phenoxy) is 3. The van der Waals surface area contributed by atoms with Crippen LogP contribution < -0.4 is 0 Å². The molecule has 8 atom stereocenters. The Balaban J connectivity index is 1.08. The van der Waals surface area contributed by atoms with Crippen molar-refractivity contribution in [2.75, 3.05) is 6.61 Å². The predicted octanol–water partition coefficient (Wildman–Crippen LogP) is 4.18. The molecule has 5 heterocycles. The maximum Gasteiger partial charge on any atom is 0.270 e. The van der Waals surface area contributed by atoms with Crippen molar-refractivity contribution in [1.29, 1.82) is 0 Å². The van der Waals surface area contributed by atoms with Gasteiger partial charge in [0.05, 0.1) is 23.8 Å². The van der Waals surface area contributed by atoms with Gasteiger partial charge >= 0.3 is 0 Å². The van der Waals surface area contributed by atoms with Gasteiger partial charge in [0.15, 0.2) is 18.2 Å². The van der Waals surface area contributed by atoms with Crippen molar-refractivity contribution in [1.82, 2.24) is 15.0 Å². The first-order valence-electron chi connectivity index (χ1n) is 13.8. The Morgan fingerprint density at radius 2 is 2.05 bits per heavy atom. The van der Waals surface area contributed by atoms with Gasteiger partial charge in [-0.05, 0) is 56.4 Å². The van der Waals surface area contributed by atoms with E-state index in [1.54, 1.807) is 12.1 Å². The Bertz CT molecular complexity index is 1270. The molecule has 0 radical (unpaired) electrons. The van der Waals surface area contributed by atoms with Crippen LogP contribution in [0.4, 0.5) is 5.69 Å². The van der Waals surface area contributed by atoms with Crippen molar-refractivity contribution in [2.24, 2.45) is 23.7 Å². The molecule has 6 aliphatic rings. The summed E-state index contributed by atoms with van der Waals surface area (Å²) in [5.74, 6) is 0.335. The van der Waals surface area contributed by atoms with E-state index in [4.69, 9.17) is 24.0 Å². The second-order valence-corrected chi connectivity index (χ2v) is 11.9. The highest BCUT2D eigenvalue weighted by atomic mass is 17.3. The van der Waals surface area contributed by atoms with E-state index in [1.165, 1.54) is 0 Å². The Morgan fingerprint density at radius 3 is 2.89 bits per heavy atom. The van der Waals surface area contributed by atoms with Gasteiger partial charge in [-0.1, -0.05) is 25.1 Å². The summed E-state index contributed by atoms with van der Waals surface area (Å²) in [5, 5.41) is 20.0. The van der Waals surface area contributed by atoms with Crippen LogP contribution in [0.3, 0.4) is 0 Å². The average Bonchev–Trinajstić information content (AvgIpc) is 3.19. The molecule has 11 heteroatoms. The highest BCUT2D eigenvalue weighted by Crippen LogP contribution is 2.60. The molecule has 1 saturated carbocycles. The zero-order chi connectivity index (χ0) is 26.2. The molecular formula is C27H34N4O7. The average molecular weight is 527 g/mol. The summed E-state index contributed by atoms with van der Waals surface area (Å²) in [6, 6.07) is 4.97. The lowest BCUT2D eigenvalue weighted by Crippen LogP contribution is -2.70. The fraction of sp³-hybridized carbons (Fsp3) is 0.704. The fourth-order valence-electron chi connectivity index (χ4n) is 7.66. The summed E-state index contributed by atoms with van der Waals surface area (Å²) >= 11 is 0. The van der Waals surface area contributed by atoms with Crippen LogP contribution in [0.25, 0.3) is 11.3 Å². The van der Waals surface area contributed by atoms with E-state index < -0.39 is 24.0 Å². The number of nitrogens with zero attached hydrogens (tertiary/aromatic N) is 4. The second kappa shape index (κ2) is 8.79. The monoisotopic (exact) mass is 526 g/mol. The fourth-order valence-corrected chi connectivity index (χ4v) is 7.66. The van der Waals surface area contributed by atoms with Crippen molar-refractivity contribution in [3.8, 4) is 11.3 Å². The van der Waals surface area contributed by atoms with Crippen LogP contribution >= 0.6 is 0 Å². The molecule has 2 aromatic rings. The third-order valence-electron chi connectivity index (χ3n) is 9.71. The Kier molecular flexibility index (Phi) is 5.69. The van der Waals surface area contributed by atoms with Crippen LogP contribution in [-0.2, 0) is 43.4 Å². The van der Waals surface area contributed by atoms with E-state index >= 15 is 0 Å². The lowest BCUT2D eigenvalue weighted by molar-refractivity contribution is -0.577. The summed E-state index contributed by atoms with van der Waals surface area (Å²) in [6.07, 6.45) is 4.54. The van der Waals surface area contributed by atoms with E-state index in [0.717, 1.165) is 61.0 Å². The number of nitro groups is 1. The van der Waals surface area contributed by atoms with Gasteiger partial charge in [0.2, 0.25) is 5.79 Å². The number of non-ortho nitro benzene ring substituents is 1. The Morgan fingerprint density at radius 1 is 1.18 bits per heavy atom. The van der Waals surface area contributed by atoms with E-state index in [-0.39, 0.29) is 22.4 Å². The van der Waals surface area contributed by atoms with E-state index in [1.807, 2.05) is 17.7 Å². The van der Waals surface area contributed by atoms with Gasteiger partial charge in [0.1, 0.15) is 5.69 Å². The molecule has 1 unspecified atom stereocenters. The molecule has 204 valence electrons. The molecule has 38 heavy (non-hydrogen) atoms. The minimum atomic E-state index is -0.812. The van der Waals surface area contributed by atoms with Crippen LogP contribution in [0, 0.1) is 33.8 Å². The van der Waals surface area contributed by atoms with Gasteiger partial charge in [-0.3, -0.25) is 10.1 Å². The van der Waals surface area contributed by atoms with E-state index in [9.17, 15) is 10.1 Å². The molecule has 5 fully saturated rings. The molecule has 1 aromatic carbocycles. The lowest BCUT2D eigenvalue weighted by Gasteiger charge is -2.60. The summed E-state index contributed by atoms with van der Waals surface area (Å²) in [5.41, 5.74) is 3.00. The van der Waals surface area contributed by atoms with Crippen molar-refractivity contribution in [3.63, 3.8) is 0 Å². The lowest BCUT2D eigenvalue weighted by atomic mass is 9.58. The number of benzene rings is 1. The van der Waals surface area contributed by atoms with Crippen LogP contribution in [0.2, 0.25) is 0 Å². The predicted molar refractivity (Wildman–Crippen MR) is 132 cm³/mol. The number of hydrogen-bond donors (Lipinski definition) is 0. The molecule has 11 nitrogen and oxygen atoms in total. The van der Waals surface area contributed by atoms with Crippen LogP contribution in [-0.4, -0.2) is 50.5 Å². The highest BCUT2D eigenvalue weighted by Gasteiger charge is 2.69. The van der Waals surface area contributed by atoms with E-state index in [0.29, 0.717) is 25.0 Å². The molecule has 1 spiro atoms. The number of aromatic nitrogens is 3. The largest absolute Gasteiger partial charge is 0.350 e. The maximum absolute atomic E-state index is 11.3. The first kappa shape index (κ1) is 24.6. The summed E-state index contributed by atoms with van der Waals surface area (Å²) < 4.78 is 21.1. The van der Waals surface area contributed by atoms with Crippen molar-refractivity contribution in [3.05, 3.63) is 39.6 Å². The van der Waals surface area contributed by atoms with Crippen LogP contribution in [0.15, 0.2) is 18.2 Å². The van der Waals surface area contributed by atoms with Gasteiger partial charge in [-0.15, -0.1) is 5.10 Å². The van der Waals surface area contributed by atoms with Crippen LogP contribution in [0.5, 0.6) is 0 Å². The van der Waals surface area contributed by atoms with Gasteiger partial charge in [0.25, 0.3) is 5.69 Å². The summed E-state index contributed by atoms with van der Waals surface area (Å²) in [4.78, 5) is 23.0. The molecule has 4 aliphatic heterocycles. The molecule has 0 amide bonds. The van der Waals surface area contributed by atoms with Gasteiger partial charge in [-0.2, -0.15) is 0 Å². The zero-order valence-corrected chi connectivity index (χ0v) is 22.0. The smallest absolute Gasteiger partial charge is 0.270 e. The second-order valence-electron chi connectivity index (χ2n) is 11.9. The SMILES string of the molecule is C[C@@H]1CC[C@H]2[C@@H](C)C(OCCn3nnc4c3CCc3ccc([N+](=O)[O-])cc3-4)O[C@@H]3O[C@@]4(C)CC[C@@H]1[C@]32OO4. The van der Waals surface area contributed by atoms with E-state index in [2.05, 4.69) is 24.2 Å². The summed E-state index contributed by atoms with van der Waals surface area (Å²) in [6.45, 7) is 7.32. The number of aryl methyl sites for hydroxylation is 1. The molecular weight excluding hydrogens is 492 g/mol. The normalized spacial score (nSPS) is 39.1. The first-order chi connectivity index (χ1) is 18.3. The van der Waals surface area contributed by atoms with Gasteiger partial charge in [-0.25, -0.2) is 14.5 Å². The Labute approximate surface area is 220 Å². The maximum atomic E-state index is 11.3. The molecule has 8 rings (SSSR count). The van der Waals surface area contributed by atoms with Gasteiger partial charge in [0, 0.05) is 36.0 Å². The minimum Gasteiger partial charge on any atom is -0.350 e. The van der Waals surface area contributed by atoms with Crippen molar-refractivity contribution in [2.45, 2.75) is 89.8 Å². The molecule has 2 aliphatic carbocycles. The third kappa shape index (κ3) is 3.59.